The maximum absolute atomic E-state index is 13.3. The van der Waals surface area contributed by atoms with Gasteiger partial charge in [-0.3, -0.25) is 24.8 Å². The molecule has 1 aromatic heterocycles. The van der Waals surface area contributed by atoms with E-state index in [1.54, 1.807) is 19.1 Å². The lowest BCUT2D eigenvalue weighted by atomic mass is 10.1. The van der Waals surface area contributed by atoms with Crippen molar-refractivity contribution in [2.24, 2.45) is 5.10 Å². The fourth-order valence-electron chi connectivity index (χ4n) is 3.97. The lowest BCUT2D eigenvalue weighted by Gasteiger charge is -2.16. The fourth-order valence-corrected chi connectivity index (χ4v) is 3.97. The Morgan fingerprint density at radius 1 is 1.03 bits per heavy atom. The SMILES string of the molecule is CCCc1[nH]n(-c2ccc([N+](=O)[O-])cc2)c(=O)c1C(C)=NNC(=O)c1cc(OCC)c(OCC)c(OCC)c1. The summed E-state index contributed by atoms with van der Waals surface area (Å²) < 4.78 is 18.4. The Balaban J connectivity index is 1.95. The molecule has 2 N–H and O–H groups in total. The number of benzene rings is 2. The number of aromatic nitrogens is 2. The Kier molecular flexibility index (Phi) is 9.85. The van der Waals surface area contributed by atoms with E-state index >= 15 is 0 Å². The van der Waals surface area contributed by atoms with Crippen molar-refractivity contribution in [3.63, 3.8) is 0 Å². The first-order valence-corrected chi connectivity index (χ1v) is 12.8. The second-order valence-electron chi connectivity index (χ2n) is 8.37. The van der Waals surface area contributed by atoms with Crippen molar-refractivity contribution in [3.05, 3.63) is 73.7 Å². The van der Waals surface area contributed by atoms with Crippen LogP contribution < -0.4 is 25.2 Å². The van der Waals surface area contributed by atoms with Crippen molar-refractivity contribution in [2.45, 2.75) is 47.5 Å². The first kappa shape index (κ1) is 29.0. The van der Waals surface area contributed by atoms with E-state index in [0.717, 1.165) is 6.42 Å². The predicted octanol–water partition coefficient (Wildman–Crippen LogP) is 4.38. The molecule has 0 bridgehead atoms. The van der Waals surface area contributed by atoms with Gasteiger partial charge in [0.15, 0.2) is 11.5 Å². The van der Waals surface area contributed by atoms with Gasteiger partial charge in [0.25, 0.3) is 17.2 Å². The summed E-state index contributed by atoms with van der Waals surface area (Å²) in [4.78, 5) is 36.9. The molecule has 0 atom stereocenters. The molecule has 0 saturated carbocycles. The number of nitrogens with one attached hydrogen (secondary N) is 2. The van der Waals surface area contributed by atoms with Crippen molar-refractivity contribution in [1.82, 2.24) is 15.2 Å². The van der Waals surface area contributed by atoms with Crippen LogP contribution in [-0.4, -0.2) is 46.1 Å². The second kappa shape index (κ2) is 13.3. The Labute approximate surface area is 225 Å². The Hall–Kier alpha value is -4.61. The van der Waals surface area contributed by atoms with E-state index in [1.165, 1.54) is 28.9 Å². The molecule has 0 aliphatic rings. The highest BCUT2D eigenvalue weighted by Gasteiger charge is 2.20. The number of nitro benzene ring substituents is 1. The molecule has 0 spiro atoms. The van der Waals surface area contributed by atoms with Gasteiger partial charge in [0, 0.05) is 23.4 Å². The normalized spacial score (nSPS) is 11.3. The number of hydrogen-bond donors (Lipinski definition) is 2. The van der Waals surface area contributed by atoms with Gasteiger partial charge >= 0.3 is 0 Å². The number of aromatic amines is 1. The molecule has 3 aromatic rings. The first-order valence-electron chi connectivity index (χ1n) is 12.8. The monoisotopic (exact) mass is 539 g/mol. The van der Waals surface area contributed by atoms with E-state index < -0.39 is 10.8 Å². The molecule has 1 heterocycles. The topological polar surface area (TPSA) is 150 Å². The number of nitrogens with zero attached hydrogens (tertiary/aromatic N) is 3. The molecule has 12 nitrogen and oxygen atoms in total. The maximum atomic E-state index is 13.3. The number of H-pyrrole nitrogens is 1. The summed E-state index contributed by atoms with van der Waals surface area (Å²) in [5.74, 6) is 0.638. The van der Waals surface area contributed by atoms with Crippen LogP contribution in [0.1, 0.15) is 62.7 Å². The zero-order valence-corrected chi connectivity index (χ0v) is 22.7. The van der Waals surface area contributed by atoms with Crippen LogP contribution in [0.2, 0.25) is 0 Å². The molecule has 3 rings (SSSR count). The number of nitro groups is 1. The van der Waals surface area contributed by atoms with Gasteiger partial charge in [-0.1, -0.05) is 13.3 Å². The first-order chi connectivity index (χ1) is 18.7. The van der Waals surface area contributed by atoms with Gasteiger partial charge in [0.05, 0.1) is 41.7 Å². The predicted molar refractivity (Wildman–Crippen MR) is 147 cm³/mol. The molecule has 2 aromatic carbocycles. The van der Waals surface area contributed by atoms with E-state index in [9.17, 15) is 19.7 Å². The van der Waals surface area contributed by atoms with Crippen molar-refractivity contribution in [3.8, 4) is 22.9 Å². The number of carbonyl (C=O) groups excluding carboxylic acids is 1. The number of carbonyl (C=O) groups is 1. The van der Waals surface area contributed by atoms with Crippen LogP contribution in [0.3, 0.4) is 0 Å². The summed E-state index contributed by atoms with van der Waals surface area (Å²) in [6.45, 7) is 10.2. The van der Waals surface area contributed by atoms with Gasteiger partial charge < -0.3 is 14.2 Å². The molecule has 12 heteroatoms. The van der Waals surface area contributed by atoms with Crippen LogP contribution in [0.15, 0.2) is 46.3 Å². The van der Waals surface area contributed by atoms with Crippen molar-refractivity contribution in [2.75, 3.05) is 19.8 Å². The van der Waals surface area contributed by atoms with Crippen molar-refractivity contribution < 1.29 is 23.9 Å². The third kappa shape index (κ3) is 6.64. The minimum Gasteiger partial charge on any atom is -0.490 e. The number of hydrogen-bond acceptors (Lipinski definition) is 8. The number of hydrazone groups is 1. The average Bonchev–Trinajstić information content (AvgIpc) is 3.24. The van der Waals surface area contributed by atoms with Crippen LogP contribution in [0.25, 0.3) is 5.69 Å². The van der Waals surface area contributed by atoms with Crippen LogP contribution in [0, 0.1) is 10.1 Å². The smallest absolute Gasteiger partial charge is 0.280 e. The Morgan fingerprint density at radius 3 is 2.13 bits per heavy atom. The van der Waals surface area contributed by atoms with Gasteiger partial charge in [-0.2, -0.15) is 5.10 Å². The van der Waals surface area contributed by atoms with E-state index in [2.05, 4.69) is 15.6 Å². The number of aryl methyl sites for hydroxylation is 1. The molecule has 39 heavy (non-hydrogen) atoms. The summed E-state index contributed by atoms with van der Waals surface area (Å²) in [7, 11) is 0. The number of non-ortho nitro benzene ring substituents is 1. The summed E-state index contributed by atoms with van der Waals surface area (Å²) >= 11 is 0. The van der Waals surface area contributed by atoms with Gasteiger partial charge in [-0.25, -0.2) is 10.1 Å². The highest BCUT2D eigenvalue weighted by atomic mass is 16.6. The lowest BCUT2D eigenvalue weighted by molar-refractivity contribution is -0.384. The highest BCUT2D eigenvalue weighted by molar-refractivity contribution is 6.01. The number of ether oxygens (including phenoxy) is 3. The quantitative estimate of drug-likeness (QED) is 0.186. The van der Waals surface area contributed by atoms with Gasteiger partial charge in [0.1, 0.15) is 0 Å². The molecular formula is C27H33N5O7. The van der Waals surface area contributed by atoms with Crippen molar-refractivity contribution in [1.29, 1.82) is 0 Å². The standard InChI is InChI=1S/C27H33N5O7/c1-6-10-21-24(27(34)31(30-21)19-11-13-20(14-12-19)32(35)36)17(5)28-29-26(33)18-15-22(37-7-2)25(39-9-4)23(16-18)38-8-3/h11-16,30H,6-10H2,1-5H3,(H,29,33). The maximum Gasteiger partial charge on any atom is 0.280 e. The van der Waals surface area contributed by atoms with Crippen LogP contribution in [-0.2, 0) is 6.42 Å². The lowest BCUT2D eigenvalue weighted by Crippen LogP contribution is -2.23. The minimum absolute atomic E-state index is 0.0814. The molecule has 0 aliphatic heterocycles. The van der Waals surface area contributed by atoms with Gasteiger partial charge in [-0.15, -0.1) is 0 Å². The van der Waals surface area contributed by atoms with Crippen LogP contribution in [0.4, 0.5) is 5.69 Å². The van der Waals surface area contributed by atoms with E-state index in [-0.39, 0.29) is 16.8 Å². The molecular weight excluding hydrogens is 506 g/mol. The molecule has 0 aliphatic carbocycles. The van der Waals surface area contributed by atoms with Crippen LogP contribution in [0.5, 0.6) is 17.2 Å². The molecule has 0 saturated heterocycles. The van der Waals surface area contributed by atoms with Crippen LogP contribution >= 0.6 is 0 Å². The van der Waals surface area contributed by atoms with Gasteiger partial charge in [0.2, 0.25) is 5.75 Å². The van der Waals surface area contributed by atoms with Gasteiger partial charge in [-0.05, 0) is 58.4 Å². The summed E-state index contributed by atoms with van der Waals surface area (Å²) in [5, 5.41) is 18.3. The molecule has 208 valence electrons. The third-order valence-electron chi connectivity index (χ3n) is 5.64. The largest absolute Gasteiger partial charge is 0.490 e. The summed E-state index contributed by atoms with van der Waals surface area (Å²) in [6.07, 6.45) is 1.30. The third-order valence-corrected chi connectivity index (χ3v) is 5.64. The van der Waals surface area contributed by atoms with E-state index in [0.29, 0.717) is 66.1 Å². The molecule has 1 amide bonds. The molecule has 0 radical (unpaired) electrons. The zero-order valence-electron chi connectivity index (χ0n) is 22.7. The van der Waals surface area contributed by atoms with E-state index in [4.69, 9.17) is 14.2 Å². The minimum atomic E-state index is -0.525. The van der Waals surface area contributed by atoms with E-state index in [1.807, 2.05) is 27.7 Å². The fraction of sp³-hybridized carbons (Fsp3) is 0.370. The molecule has 0 fully saturated rings. The second-order valence-corrected chi connectivity index (χ2v) is 8.37. The number of rotatable bonds is 13. The Bertz CT molecular complexity index is 1380. The zero-order chi connectivity index (χ0) is 28.5. The highest BCUT2D eigenvalue weighted by Crippen LogP contribution is 2.39. The molecule has 0 unspecified atom stereocenters. The number of amides is 1. The van der Waals surface area contributed by atoms with Crippen molar-refractivity contribution >= 4 is 17.3 Å². The summed E-state index contributed by atoms with van der Waals surface area (Å²) in [5.41, 5.74) is 3.97. The Morgan fingerprint density at radius 2 is 1.62 bits per heavy atom. The summed E-state index contributed by atoms with van der Waals surface area (Å²) in [6, 6.07) is 8.73. The average molecular weight is 540 g/mol.